The first-order valence-corrected chi connectivity index (χ1v) is 5.02. The van der Waals surface area contributed by atoms with E-state index in [9.17, 15) is 9.59 Å². The van der Waals surface area contributed by atoms with E-state index in [4.69, 9.17) is 9.47 Å². The van der Waals surface area contributed by atoms with Gasteiger partial charge in [0.2, 0.25) is 5.91 Å². The van der Waals surface area contributed by atoms with Crippen molar-refractivity contribution in [1.29, 1.82) is 0 Å². The summed E-state index contributed by atoms with van der Waals surface area (Å²) < 4.78 is 10.3. The molecule has 0 aliphatic rings. The van der Waals surface area contributed by atoms with Gasteiger partial charge in [-0.3, -0.25) is 9.59 Å². The second kappa shape index (κ2) is 16.2. The van der Waals surface area contributed by atoms with Gasteiger partial charge in [-0.05, 0) is 6.92 Å². The van der Waals surface area contributed by atoms with Gasteiger partial charge in [0.15, 0.2) is 0 Å². The Hall–Kier alpha value is 0.164. The molecule has 0 unspecified atom stereocenters. The zero-order valence-electron chi connectivity index (χ0n) is 9.95. The normalized spacial score (nSPS) is 8.82. The van der Waals surface area contributed by atoms with Crippen LogP contribution in [0.2, 0.25) is 0 Å². The van der Waals surface area contributed by atoms with Crippen molar-refractivity contribution in [3.63, 3.8) is 0 Å². The number of hydrogen-bond acceptors (Lipinski definition) is 4. The predicted octanol–water partition coefficient (Wildman–Crippen LogP) is 0.768. The Morgan fingerprint density at radius 2 is 1.47 bits per heavy atom. The fourth-order valence-electron chi connectivity index (χ4n) is 0.828. The van der Waals surface area contributed by atoms with Gasteiger partial charge in [-0.1, -0.05) is 7.43 Å². The van der Waals surface area contributed by atoms with Gasteiger partial charge in [-0.2, -0.15) is 0 Å². The van der Waals surface area contributed by atoms with Crippen molar-refractivity contribution in [2.75, 3.05) is 33.5 Å². The van der Waals surface area contributed by atoms with E-state index in [1.807, 2.05) is 0 Å². The molecule has 1 amide bonds. The van der Waals surface area contributed by atoms with Crippen LogP contribution in [0.15, 0.2) is 0 Å². The first-order valence-electron chi connectivity index (χ1n) is 5.02. The molecule has 6 heteroatoms. The van der Waals surface area contributed by atoms with E-state index in [-0.39, 0.29) is 51.8 Å². The summed E-state index contributed by atoms with van der Waals surface area (Å²) in [5.41, 5.74) is 0. The number of rotatable bonds is 9. The minimum absolute atomic E-state index is 0. The molecule has 0 atom stereocenters. The number of ether oxygens (including phenoxy) is 2. The number of nitrogens with one attached hydrogen (secondary N) is 1. The van der Waals surface area contributed by atoms with Crippen molar-refractivity contribution >= 4 is 11.7 Å². The average molecular weight is 322 g/mol. The Morgan fingerprint density at radius 1 is 1.00 bits per heavy atom. The molecule has 0 aliphatic heterocycles. The van der Waals surface area contributed by atoms with Crippen LogP contribution in [0.5, 0.6) is 0 Å². The first kappa shape index (κ1) is 22.4. The van der Waals surface area contributed by atoms with Gasteiger partial charge in [-0.25, -0.2) is 0 Å². The number of hydrogen-bond donors (Lipinski definition) is 1. The van der Waals surface area contributed by atoms with Crippen LogP contribution in [-0.4, -0.2) is 45.2 Å². The number of amides is 1. The Balaban J connectivity index is -0.000000980. The molecule has 0 spiro atoms. The molecule has 0 heterocycles. The van der Waals surface area contributed by atoms with E-state index >= 15 is 0 Å². The molecule has 5 nitrogen and oxygen atoms in total. The topological polar surface area (TPSA) is 64.6 Å². The van der Waals surface area contributed by atoms with E-state index in [2.05, 4.69) is 5.32 Å². The summed E-state index contributed by atoms with van der Waals surface area (Å²) in [6, 6.07) is 0. The molecule has 0 bridgehead atoms. The van der Waals surface area contributed by atoms with Gasteiger partial charge in [0, 0.05) is 52.6 Å². The van der Waals surface area contributed by atoms with Crippen LogP contribution in [0.4, 0.5) is 0 Å². The second-order valence-corrected chi connectivity index (χ2v) is 3.10. The SMILES string of the molecule is C.CNC(=O)CCOCCOCCC(C)=O.[Y]. The molecule has 0 aromatic heterocycles. The van der Waals surface area contributed by atoms with E-state index in [0.717, 1.165) is 0 Å². The molecule has 1 N–H and O–H groups in total. The summed E-state index contributed by atoms with van der Waals surface area (Å²) in [7, 11) is 1.59. The van der Waals surface area contributed by atoms with Crippen LogP contribution in [0, 0.1) is 0 Å². The number of carbonyl (C=O) groups is 2. The molecule has 0 rings (SSSR count). The van der Waals surface area contributed by atoms with E-state index in [1.54, 1.807) is 7.05 Å². The summed E-state index contributed by atoms with van der Waals surface area (Å²) in [6.07, 6.45) is 0.808. The molecule has 99 valence electrons. The fourth-order valence-corrected chi connectivity index (χ4v) is 0.828. The zero-order chi connectivity index (χ0) is 11.5. The standard InChI is InChI=1S/C10H19NO4.CH4.Y/c1-9(12)3-5-14-7-8-15-6-4-10(13)11-2;;/h3-8H2,1-2H3,(H,11,13);1H4;. The monoisotopic (exact) mass is 322 g/mol. The van der Waals surface area contributed by atoms with Gasteiger partial charge in [0.05, 0.1) is 26.4 Å². The summed E-state index contributed by atoms with van der Waals surface area (Å²) in [5, 5.41) is 2.50. The minimum atomic E-state index is -0.0347. The van der Waals surface area contributed by atoms with Crippen LogP contribution in [0.3, 0.4) is 0 Å². The molecular formula is C11H23NO4Y. The molecule has 0 saturated carbocycles. The van der Waals surface area contributed by atoms with Crippen molar-refractivity contribution in [3.05, 3.63) is 0 Å². The van der Waals surface area contributed by atoms with Crippen LogP contribution in [0.1, 0.15) is 27.2 Å². The van der Waals surface area contributed by atoms with Gasteiger partial charge in [0.1, 0.15) is 5.78 Å². The summed E-state index contributed by atoms with van der Waals surface area (Å²) in [4.78, 5) is 21.3. The first-order chi connectivity index (χ1) is 7.16. The van der Waals surface area contributed by atoms with Crippen molar-refractivity contribution in [2.45, 2.75) is 27.2 Å². The molecule has 0 aliphatic carbocycles. The number of ketones is 1. The van der Waals surface area contributed by atoms with Crippen molar-refractivity contribution in [1.82, 2.24) is 5.32 Å². The molecule has 0 aromatic carbocycles. The molecular weight excluding hydrogens is 299 g/mol. The Kier molecular flexibility index (Phi) is 21.3. The minimum Gasteiger partial charge on any atom is -0.379 e. The predicted molar refractivity (Wildman–Crippen MR) is 62.4 cm³/mol. The molecule has 1 radical (unpaired) electrons. The second-order valence-electron chi connectivity index (χ2n) is 3.10. The summed E-state index contributed by atoms with van der Waals surface area (Å²) >= 11 is 0. The van der Waals surface area contributed by atoms with Crippen LogP contribution < -0.4 is 5.32 Å². The zero-order valence-corrected chi connectivity index (χ0v) is 12.8. The molecule has 0 fully saturated rings. The third-order valence-corrected chi connectivity index (χ3v) is 1.72. The van der Waals surface area contributed by atoms with E-state index < -0.39 is 0 Å². The van der Waals surface area contributed by atoms with E-state index in [1.165, 1.54) is 6.92 Å². The Labute approximate surface area is 129 Å². The maximum absolute atomic E-state index is 10.8. The van der Waals surface area contributed by atoms with Crippen LogP contribution in [0.25, 0.3) is 0 Å². The number of Topliss-reactive ketones (excluding diaryl/α,β-unsaturated/α-hetero) is 1. The Bertz CT molecular complexity index is 200. The number of carbonyl (C=O) groups excluding carboxylic acids is 2. The quantitative estimate of drug-likeness (QED) is 0.637. The third-order valence-electron chi connectivity index (χ3n) is 1.72. The van der Waals surface area contributed by atoms with Crippen molar-refractivity contribution < 1.29 is 51.8 Å². The van der Waals surface area contributed by atoms with Gasteiger partial charge in [-0.15, -0.1) is 0 Å². The van der Waals surface area contributed by atoms with Gasteiger partial charge in [0.25, 0.3) is 0 Å². The Morgan fingerprint density at radius 3 is 1.88 bits per heavy atom. The maximum atomic E-state index is 10.8. The molecule has 0 aromatic rings. The fraction of sp³-hybridized carbons (Fsp3) is 0.818. The van der Waals surface area contributed by atoms with Crippen LogP contribution in [-0.2, 0) is 51.8 Å². The summed E-state index contributed by atoms with van der Waals surface area (Å²) in [5.74, 6) is 0.0861. The van der Waals surface area contributed by atoms with E-state index in [0.29, 0.717) is 39.3 Å². The maximum Gasteiger partial charge on any atom is 0.222 e. The summed E-state index contributed by atoms with van der Waals surface area (Å²) in [6.45, 7) is 3.28. The largest absolute Gasteiger partial charge is 0.379 e. The smallest absolute Gasteiger partial charge is 0.222 e. The van der Waals surface area contributed by atoms with Crippen molar-refractivity contribution in [2.24, 2.45) is 0 Å². The van der Waals surface area contributed by atoms with Crippen LogP contribution >= 0.6 is 0 Å². The van der Waals surface area contributed by atoms with Gasteiger partial charge >= 0.3 is 0 Å². The molecule has 0 saturated heterocycles. The third kappa shape index (κ3) is 18.7. The average Bonchev–Trinajstić information content (AvgIpc) is 2.21. The molecule has 17 heavy (non-hydrogen) atoms. The van der Waals surface area contributed by atoms with Crippen molar-refractivity contribution in [3.8, 4) is 0 Å². The van der Waals surface area contributed by atoms with Gasteiger partial charge < -0.3 is 14.8 Å².